The number of hydrogen-bond donors (Lipinski definition) is 0. The Balaban J connectivity index is 1.07. The third-order valence-electron chi connectivity index (χ3n) is 13.4. The molecule has 5 aliphatic rings. The second kappa shape index (κ2) is 10.2. The minimum Gasteiger partial charge on any atom is -0.381 e. The standard InChI is InChI=1S/C35H52O4S/c1-23-8-11-27(12-9-23)40(36,37)39-20-17-24(2)7-10-25(3)29-13-14-30-28-21-32(38-6)35-22-26(35)15-19-34(35,5)31(28)16-18-33(29,30)4/h7-12,24-26,28-32H,13-22H2,1-6H3/b10-7+/t24-,25+,26+,28-,29+,30-,31-,32+,33+,34+,35-/m0/s1. The first-order chi connectivity index (χ1) is 19.0. The molecule has 0 N–H and O–H groups in total. The summed E-state index contributed by atoms with van der Waals surface area (Å²) < 4.78 is 36.7. The minimum atomic E-state index is -3.70. The summed E-state index contributed by atoms with van der Waals surface area (Å²) in [6.07, 6.45) is 17.0. The van der Waals surface area contributed by atoms with Crippen molar-refractivity contribution in [1.82, 2.24) is 0 Å². The average molecular weight is 569 g/mol. The van der Waals surface area contributed by atoms with Gasteiger partial charge in [-0.3, -0.25) is 4.18 Å². The van der Waals surface area contributed by atoms with Crippen molar-refractivity contribution in [1.29, 1.82) is 0 Å². The van der Waals surface area contributed by atoms with Crippen LogP contribution in [0.2, 0.25) is 0 Å². The van der Waals surface area contributed by atoms with Crippen molar-refractivity contribution in [2.75, 3.05) is 13.7 Å². The zero-order chi connectivity index (χ0) is 28.5. The number of hydrogen-bond acceptors (Lipinski definition) is 4. The fraction of sp³-hybridized carbons (Fsp3) is 0.771. The number of ether oxygens (including phenoxy) is 1. The van der Waals surface area contributed by atoms with Crippen LogP contribution in [0.4, 0.5) is 0 Å². The van der Waals surface area contributed by atoms with Crippen LogP contribution >= 0.6 is 0 Å². The fourth-order valence-electron chi connectivity index (χ4n) is 11.2. The highest BCUT2D eigenvalue weighted by Gasteiger charge is 2.77. The van der Waals surface area contributed by atoms with Crippen molar-refractivity contribution in [3.8, 4) is 0 Å². The zero-order valence-electron chi connectivity index (χ0n) is 25.7. The summed E-state index contributed by atoms with van der Waals surface area (Å²) in [5.74, 6) is 5.03. The van der Waals surface area contributed by atoms with E-state index in [0.29, 0.717) is 34.7 Å². The summed E-state index contributed by atoms with van der Waals surface area (Å²) in [6.45, 7) is 12.1. The molecule has 0 aromatic heterocycles. The van der Waals surface area contributed by atoms with Gasteiger partial charge in [-0.25, -0.2) is 0 Å². The highest BCUT2D eigenvalue weighted by molar-refractivity contribution is 7.86. The summed E-state index contributed by atoms with van der Waals surface area (Å²) in [7, 11) is -1.71. The molecule has 4 nitrogen and oxygen atoms in total. The van der Waals surface area contributed by atoms with E-state index in [4.69, 9.17) is 8.92 Å². The first-order valence-corrected chi connectivity index (χ1v) is 17.5. The Labute approximate surface area is 243 Å². The van der Waals surface area contributed by atoms with E-state index >= 15 is 0 Å². The number of methoxy groups -OCH3 is 1. The molecule has 1 spiro atoms. The van der Waals surface area contributed by atoms with Crippen LogP contribution in [0.3, 0.4) is 0 Å². The van der Waals surface area contributed by atoms with Gasteiger partial charge < -0.3 is 4.74 Å². The second-order valence-electron chi connectivity index (χ2n) is 15.1. The van der Waals surface area contributed by atoms with Crippen molar-refractivity contribution < 1.29 is 17.3 Å². The van der Waals surface area contributed by atoms with Crippen molar-refractivity contribution in [2.45, 2.75) is 103 Å². The van der Waals surface area contributed by atoms with Gasteiger partial charge in [0.05, 0.1) is 17.6 Å². The normalized spacial score (nSPS) is 43.5. The Kier molecular flexibility index (Phi) is 7.40. The van der Waals surface area contributed by atoms with E-state index in [1.807, 2.05) is 26.2 Å². The van der Waals surface area contributed by atoms with Gasteiger partial charge in [0.2, 0.25) is 0 Å². The molecule has 5 heteroatoms. The molecule has 1 aromatic carbocycles. The number of allylic oxidation sites excluding steroid dienone is 2. The van der Waals surface area contributed by atoms with Crippen molar-refractivity contribution in [3.63, 3.8) is 0 Å². The average Bonchev–Trinajstić information content (AvgIpc) is 3.43. The van der Waals surface area contributed by atoms with Crippen LogP contribution in [0.5, 0.6) is 0 Å². The molecule has 0 unspecified atom stereocenters. The predicted octanol–water partition coefficient (Wildman–Crippen LogP) is 8.20. The lowest BCUT2D eigenvalue weighted by molar-refractivity contribution is -0.160. The maximum absolute atomic E-state index is 12.5. The maximum atomic E-state index is 12.5. The van der Waals surface area contributed by atoms with E-state index in [2.05, 4.69) is 39.8 Å². The number of fused-ring (bicyclic) bond motifs is 4. The molecule has 0 heterocycles. The van der Waals surface area contributed by atoms with Gasteiger partial charge >= 0.3 is 0 Å². The van der Waals surface area contributed by atoms with Crippen molar-refractivity contribution >= 4 is 10.1 Å². The Morgan fingerprint density at radius 1 is 1.00 bits per heavy atom. The van der Waals surface area contributed by atoms with Crippen molar-refractivity contribution in [2.24, 2.45) is 57.7 Å². The van der Waals surface area contributed by atoms with Gasteiger partial charge in [-0.15, -0.1) is 0 Å². The smallest absolute Gasteiger partial charge is 0.296 e. The minimum absolute atomic E-state index is 0.212. The number of aryl methyl sites for hydroxylation is 1. The molecule has 40 heavy (non-hydrogen) atoms. The summed E-state index contributed by atoms with van der Waals surface area (Å²) in [4.78, 5) is 0.234. The van der Waals surface area contributed by atoms with E-state index in [-0.39, 0.29) is 17.4 Å². The van der Waals surface area contributed by atoms with Crippen LogP contribution in [0.25, 0.3) is 0 Å². The second-order valence-corrected chi connectivity index (χ2v) is 16.7. The summed E-state index contributed by atoms with van der Waals surface area (Å²) in [6, 6.07) is 6.86. The van der Waals surface area contributed by atoms with Crippen LogP contribution in [0, 0.1) is 64.6 Å². The van der Waals surface area contributed by atoms with E-state index < -0.39 is 10.1 Å². The van der Waals surface area contributed by atoms with Gasteiger partial charge in [0.25, 0.3) is 10.1 Å². The summed E-state index contributed by atoms with van der Waals surface area (Å²) in [5.41, 5.74) is 2.45. The van der Waals surface area contributed by atoms with Gasteiger partial charge in [-0.1, -0.05) is 57.5 Å². The van der Waals surface area contributed by atoms with Gasteiger partial charge in [0.1, 0.15) is 0 Å². The molecular formula is C35H52O4S. The maximum Gasteiger partial charge on any atom is 0.296 e. The molecular weight excluding hydrogens is 516 g/mol. The Hall–Kier alpha value is -1.17. The molecule has 5 fully saturated rings. The fourth-order valence-corrected chi connectivity index (χ4v) is 12.1. The van der Waals surface area contributed by atoms with Crippen LogP contribution < -0.4 is 0 Å². The predicted molar refractivity (Wildman–Crippen MR) is 160 cm³/mol. The molecule has 0 radical (unpaired) electrons. The molecule has 11 atom stereocenters. The molecule has 6 rings (SSSR count). The summed E-state index contributed by atoms with van der Waals surface area (Å²) in [5, 5.41) is 0. The quantitative estimate of drug-likeness (QED) is 0.223. The Morgan fingerprint density at radius 3 is 2.45 bits per heavy atom. The van der Waals surface area contributed by atoms with Gasteiger partial charge in [-0.2, -0.15) is 8.42 Å². The number of benzene rings is 1. The third-order valence-corrected chi connectivity index (χ3v) is 14.7. The molecule has 1 aromatic rings. The van der Waals surface area contributed by atoms with E-state index in [0.717, 1.165) is 35.2 Å². The van der Waals surface area contributed by atoms with Gasteiger partial charge in [0.15, 0.2) is 0 Å². The monoisotopic (exact) mass is 568 g/mol. The van der Waals surface area contributed by atoms with Crippen LogP contribution in [-0.2, 0) is 19.0 Å². The number of rotatable bonds is 9. The largest absolute Gasteiger partial charge is 0.381 e. The lowest BCUT2D eigenvalue weighted by Gasteiger charge is -2.61. The van der Waals surface area contributed by atoms with Crippen LogP contribution in [-0.4, -0.2) is 28.2 Å². The molecule has 222 valence electrons. The zero-order valence-corrected chi connectivity index (χ0v) is 26.5. The van der Waals surface area contributed by atoms with Gasteiger partial charge in [0, 0.05) is 12.5 Å². The first-order valence-electron chi connectivity index (χ1n) is 16.1. The van der Waals surface area contributed by atoms with Crippen LogP contribution in [0.1, 0.15) is 91.0 Å². The highest BCUT2D eigenvalue weighted by atomic mass is 32.2. The van der Waals surface area contributed by atoms with Gasteiger partial charge in [-0.05, 0) is 129 Å². The van der Waals surface area contributed by atoms with Crippen molar-refractivity contribution in [3.05, 3.63) is 42.0 Å². The molecule has 5 aliphatic carbocycles. The molecule has 0 saturated heterocycles. The van der Waals surface area contributed by atoms with E-state index in [1.165, 1.54) is 51.4 Å². The summed E-state index contributed by atoms with van der Waals surface area (Å²) >= 11 is 0. The topological polar surface area (TPSA) is 52.6 Å². The molecule has 0 amide bonds. The SMILES string of the molecule is CO[C@@H]1C[C@H]2[C@@H]3CC[C@H]([C@H](C)/C=C/[C@H](C)CCOS(=O)(=O)c4ccc(C)cc4)[C@@]3(C)CC[C@@H]2[C@@]2(C)CC[C@@H]3C[C@]312. The molecule has 0 bridgehead atoms. The molecule has 0 aliphatic heterocycles. The third kappa shape index (κ3) is 4.39. The Morgan fingerprint density at radius 2 is 1.75 bits per heavy atom. The van der Waals surface area contributed by atoms with E-state index in [1.54, 1.807) is 12.1 Å². The highest BCUT2D eigenvalue weighted by Crippen LogP contribution is 2.82. The Bertz CT molecular complexity index is 1220. The lowest BCUT2D eigenvalue weighted by Crippen LogP contribution is -2.57. The molecule has 5 saturated carbocycles. The van der Waals surface area contributed by atoms with Crippen LogP contribution in [0.15, 0.2) is 41.3 Å². The van der Waals surface area contributed by atoms with E-state index in [9.17, 15) is 8.42 Å². The first kappa shape index (κ1) is 28.9. The lowest BCUT2D eigenvalue weighted by atomic mass is 9.45.